The minimum Gasteiger partial charge on any atom is -0.455 e. The lowest BCUT2D eigenvalue weighted by Crippen LogP contribution is -2.11. The van der Waals surface area contributed by atoms with Gasteiger partial charge < -0.3 is 9.64 Å². The maximum atomic E-state index is 6.98. The molecular formula is C46H31NO. The van der Waals surface area contributed by atoms with Gasteiger partial charge in [-0.2, -0.15) is 0 Å². The second kappa shape index (κ2) is 11.8. The summed E-state index contributed by atoms with van der Waals surface area (Å²) in [7, 11) is 0. The van der Waals surface area contributed by atoms with Crippen molar-refractivity contribution in [2.24, 2.45) is 0 Å². The Labute approximate surface area is 280 Å². The third kappa shape index (κ3) is 4.83. The zero-order valence-corrected chi connectivity index (χ0v) is 26.3. The molecule has 48 heavy (non-hydrogen) atoms. The third-order valence-corrected chi connectivity index (χ3v) is 9.27. The molecule has 0 fully saturated rings. The van der Waals surface area contributed by atoms with Gasteiger partial charge in [-0.15, -0.1) is 0 Å². The maximum Gasteiger partial charge on any atom is 0.143 e. The van der Waals surface area contributed by atoms with Gasteiger partial charge in [0.15, 0.2) is 0 Å². The number of anilines is 3. The van der Waals surface area contributed by atoms with Crippen LogP contribution in [0.3, 0.4) is 0 Å². The fourth-order valence-electron chi connectivity index (χ4n) is 6.96. The summed E-state index contributed by atoms with van der Waals surface area (Å²) in [6.07, 6.45) is 0. The number of fused-ring (bicyclic) bond motifs is 7. The van der Waals surface area contributed by atoms with Crippen molar-refractivity contribution in [2.75, 3.05) is 4.90 Å². The van der Waals surface area contributed by atoms with Crippen molar-refractivity contribution in [3.63, 3.8) is 0 Å². The fourth-order valence-corrected chi connectivity index (χ4v) is 6.96. The van der Waals surface area contributed by atoms with Crippen LogP contribution in [0.5, 0.6) is 11.5 Å². The zero-order chi connectivity index (χ0) is 31.9. The largest absolute Gasteiger partial charge is 0.455 e. The number of benzene rings is 8. The smallest absolute Gasteiger partial charge is 0.143 e. The topological polar surface area (TPSA) is 12.5 Å². The highest BCUT2D eigenvalue weighted by molar-refractivity contribution is 6.08. The van der Waals surface area contributed by atoms with Crippen LogP contribution in [0.15, 0.2) is 188 Å². The predicted molar refractivity (Wildman–Crippen MR) is 200 cm³/mol. The molecule has 1 heterocycles. The van der Waals surface area contributed by atoms with Gasteiger partial charge in [0.2, 0.25) is 0 Å². The molecule has 1 aliphatic rings. The standard InChI is InChI=1S/C46H31NO/c1-4-14-32(15-5-1)34-24-27-37(28-25-34)47(36-18-8-3-9-19-36)44-31-43-39-21-11-10-20-38(39)42-30-35(33-16-6-2-7-17-33)26-29-45(42)48-46(43)41-23-13-12-22-40(41)44/h1-31H. The summed E-state index contributed by atoms with van der Waals surface area (Å²) >= 11 is 0. The van der Waals surface area contributed by atoms with E-state index in [1.54, 1.807) is 0 Å². The average molecular weight is 614 g/mol. The van der Waals surface area contributed by atoms with Crippen LogP contribution in [0, 0.1) is 0 Å². The highest BCUT2D eigenvalue weighted by atomic mass is 16.5. The molecule has 0 amide bonds. The van der Waals surface area contributed by atoms with Crippen molar-refractivity contribution in [3.8, 4) is 56.0 Å². The normalized spacial score (nSPS) is 11.5. The first-order chi connectivity index (χ1) is 23.8. The molecule has 2 nitrogen and oxygen atoms in total. The van der Waals surface area contributed by atoms with Gasteiger partial charge >= 0.3 is 0 Å². The molecule has 2 heteroatoms. The average Bonchev–Trinajstić information content (AvgIpc) is 3.31. The van der Waals surface area contributed by atoms with Gasteiger partial charge in [0.05, 0.1) is 5.69 Å². The molecule has 0 aliphatic carbocycles. The van der Waals surface area contributed by atoms with E-state index >= 15 is 0 Å². The lowest BCUT2D eigenvalue weighted by molar-refractivity contribution is 0.493. The second-order valence-electron chi connectivity index (χ2n) is 12.1. The van der Waals surface area contributed by atoms with Crippen LogP contribution in [0.4, 0.5) is 17.1 Å². The number of para-hydroxylation sites is 1. The van der Waals surface area contributed by atoms with Crippen molar-refractivity contribution in [2.45, 2.75) is 0 Å². The second-order valence-corrected chi connectivity index (χ2v) is 12.1. The van der Waals surface area contributed by atoms with Gasteiger partial charge in [0.25, 0.3) is 0 Å². The molecule has 0 saturated heterocycles. The lowest BCUT2D eigenvalue weighted by Gasteiger charge is -2.28. The summed E-state index contributed by atoms with van der Waals surface area (Å²) in [6, 6.07) is 66.8. The molecule has 0 aromatic heterocycles. The first-order valence-electron chi connectivity index (χ1n) is 16.4. The van der Waals surface area contributed by atoms with E-state index in [1.165, 1.54) is 22.3 Å². The van der Waals surface area contributed by atoms with Gasteiger partial charge in [-0.25, -0.2) is 0 Å². The van der Waals surface area contributed by atoms with E-state index in [2.05, 4.69) is 193 Å². The van der Waals surface area contributed by atoms with Gasteiger partial charge in [0.1, 0.15) is 11.5 Å². The molecule has 0 spiro atoms. The molecule has 0 atom stereocenters. The zero-order valence-electron chi connectivity index (χ0n) is 26.3. The highest BCUT2D eigenvalue weighted by Gasteiger charge is 2.26. The molecule has 226 valence electrons. The van der Waals surface area contributed by atoms with Crippen LogP contribution in [-0.2, 0) is 0 Å². The number of ether oxygens (including phenoxy) is 1. The SMILES string of the molecule is c1ccc(-c2ccc(N(c3ccccc3)c3cc4c(c5ccccc35)Oc3ccc(-c5ccccc5)cc3-c3ccccc3-4)cc2)cc1. The Kier molecular flexibility index (Phi) is 6.84. The Balaban J connectivity index is 1.27. The number of hydrogen-bond donors (Lipinski definition) is 0. The Bertz CT molecular complexity index is 2400. The van der Waals surface area contributed by atoms with Gasteiger partial charge in [-0.3, -0.25) is 0 Å². The number of hydrogen-bond acceptors (Lipinski definition) is 2. The minimum atomic E-state index is 0.857. The highest BCUT2D eigenvalue weighted by Crippen LogP contribution is 2.53. The summed E-state index contributed by atoms with van der Waals surface area (Å²) in [6.45, 7) is 0. The molecule has 8 aromatic carbocycles. The maximum absolute atomic E-state index is 6.98. The van der Waals surface area contributed by atoms with E-state index in [1.807, 2.05) is 0 Å². The van der Waals surface area contributed by atoms with Crippen LogP contribution in [0.1, 0.15) is 0 Å². The summed E-state index contributed by atoms with van der Waals surface area (Å²) in [5.41, 5.74) is 12.5. The van der Waals surface area contributed by atoms with Gasteiger partial charge in [-0.1, -0.05) is 146 Å². The molecule has 0 unspecified atom stereocenters. The van der Waals surface area contributed by atoms with Crippen LogP contribution in [-0.4, -0.2) is 0 Å². The van der Waals surface area contributed by atoms with Crippen molar-refractivity contribution < 1.29 is 4.74 Å². The lowest BCUT2D eigenvalue weighted by atomic mass is 9.91. The quantitative estimate of drug-likeness (QED) is 0.191. The van der Waals surface area contributed by atoms with Gasteiger partial charge in [-0.05, 0) is 75.8 Å². The van der Waals surface area contributed by atoms with E-state index in [0.29, 0.717) is 0 Å². The van der Waals surface area contributed by atoms with E-state index in [4.69, 9.17) is 4.74 Å². The van der Waals surface area contributed by atoms with Gasteiger partial charge in [0, 0.05) is 33.3 Å². The molecule has 0 radical (unpaired) electrons. The van der Waals surface area contributed by atoms with Crippen molar-refractivity contribution in [1.29, 1.82) is 0 Å². The van der Waals surface area contributed by atoms with Crippen molar-refractivity contribution >= 4 is 27.8 Å². The Morgan fingerprint density at radius 3 is 1.52 bits per heavy atom. The molecule has 0 bridgehead atoms. The molecule has 8 aromatic rings. The number of rotatable bonds is 5. The number of nitrogens with zero attached hydrogens (tertiary/aromatic N) is 1. The monoisotopic (exact) mass is 613 g/mol. The molecule has 0 N–H and O–H groups in total. The third-order valence-electron chi connectivity index (χ3n) is 9.27. The summed E-state index contributed by atoms with van der Waals surface area (Å²) in [5.74, 6) is 1.73. The molecule has 9 rings (SSSR count). The van der Waals surface area contributed by atoms with E-state index in [0.717, 1.165) is 61.6 Å². The van der Waals surface area contributed by atoms with E-state index in [9.17, 15) is 0 Å². The van der Waals surface area contributed by atoms with Crippen LogP contribution in [0.25, 0.3) is 55.3 Å². The molecular weight excluding hydrogens is 583 g/mol. The Hall–Kier alpha value is -6.38. The Morgan fingerprint density at radius 2 is 0.833 bits per heavy atom. The summed E-state index contributed by atoms with van der Waals surface area (Å²) < 4.78 is 6.98. The van der Waals surface area contributed by atoms with Crippen LogP contribution >= 0.6 is 0 Å². The molecule has 1 aliphatic heterocycles. The summed E-state index contributed by atoms with van der Waals surface area (Å²) in [4.78, 5) is 2.37. The van der Waals surface area contributed by atoms with Crippen LogP contribution in [0.2, 0.25) is 0 Å². The Morgan fingerprint density at radius 1 is 0.333 bits per heavy atom. The van der Waals surface area contributed by atoms with Crippen molar-refractivity contribution in [1.82, 2.24) is 0 Å². The minimum absolute atomic E-state index is 0.857. The fraction of sp³-hybridized carbons (Fsp3) is 0. The van der Waals surface area contributed by atoms with E-state index < -0.39 is 0 Å². The molecule has 0 saturated carbocycles. The van der Waals surface area contributed by atoms with Crippen molar-refractivity contribution in [3.05, 3.63) is 188 Å². The predicted octanol–water partition coefficient (Wildman–Crippen LogP) is 13.1. The van der Waals surface area contributed by atoms with Crippen LogP contribution < -0.4 is 9.64 Å². The van der Waals surface area contributed by atoms with E-state index in [-0.39, 0.29) is 0 Å². The summed E-state index contributed by atoms with van der Waals surface area (Å²) in [5, 5.41) is 2.19. The first-order valence-corrected chi connectivity index (χ1v) is 16.4. The first kappa shape index (κ1) is 27.9.